The lowest BCUT2D eigenvalue weighted by molar-refractivity contribution is -0.111. The monoisotopic (exact) mass is 216 g/mol. The van der Waals surface area contributed by atoms with Gasteiger partial charge >= 0.3 is 0 Å². The Bertz CT molecular complexity index is 284. The Morgan fingerprint density at radius 3 is 2.31 bits per heavy atom. The van der Waals surface area contributed by atoms with Crippen molar-refractivity contribution in [2.45, 2.75) is 18.2 Å². The molecule has 0 amide bonds. The second kappa shape index (κ2) is 4.64. The fourth-order valence-electron chi connectivity index (χ4n) is 1.12. The van der Waals surface area contributed by atoms with Crippen molar-refractivity contribution in [2.24, 2.45) is 0 Å². The topological polar surface area (TPSA) is 17.1 Å². The molecule has 2 atom stereocenters. The number of rotatable bonds is 3. The molecular formula is C10H10Cl2O. The summed E-state index contributed by atoms with van der Waals surface area (Å²) in [5, 5.41) is -1.15. The Balaban J connectivity index is 2.79. The minimum absolute atomic E-state index is 0.0483. The van der Waals surface area contributed by atoms with Gasteiger partial charge in [0.2, 0.25) is 5.24 Å². The van der Waals surface area contributed by atoms with Crippen LogP contribution in [0, 0.1) is 0 Å². The van der Waals surface area contributed by atoms with E-state index in [1.807, 2.05) is 37.3 Å². The molecule has 0 heterocycles. The van der Waals surface area contributed by atoms with Gasteiger partial charge in [0.1, 0.15) is 5.38 Å². The number of alkyl halides is 1. The van der Waals surface area contributed by atoms with Crippen LogP contribution in [0.5, 0.6) is 0 Å². The Hall–Kier alpha value is -0.530. The molecule has 0 bridgehead atoms. The van der Waals surface area contributed by atoms with Gasteiger partial charge in [0.15, 0.2) is 0 Å². The van der Waals surface area contributed by atoms with E-state index < -0.39 is 10.6 Å². The number of carbonyl (C=O) groups is 1. The van der Waals surface area contributed by atoms with Crippen molar-refractivity contribution in [3.63, 3.8) is 0 Å². The van der Waals surface area contributed by atoms with E-state index in [0.717, 1.165) is 5.56 Å². The molecule has 70 valence electrons. The minimum Gasteiger partial charge on any atom is -0.280 e. The zero-order valence-electron chi connectivity index (χ0n) is 7.21. The highest BCUT2D eigenvalue weighted by atomic mass is 35.5. The molecule has 0 saturated heterocycles. The van der Waals surface area contributed by atoms with E-state index in [1.54, 1.807) is 0 Å². The Morgan fingerprint density at radius 1 is 1.31 bits per heavy atom. The molecule has 1 aromatic carbocycles. The van der Waals surface area contributed by atoms with E-state index in [2.05, 4.69) is 0 Å². The lowest BCUT2D eigenvalue weighted by Gasteiger charge is -2.14. The van der Waals surface area contributed by atoms with Gasteiger partial charge in [-0.05, 0) is 17.2 Å². The Labute approximate surface area is 87.7 Å². The van der Waals surface area contributed by atoms with Crippen LogP contribution < -0.4 is 0 Å². The van der Waals surface area contributed by atoms with E-state index in [-0.39, 0.29) is 5.92 Å². The lowest BCUT2D eigenvalue weighted by atomic mass is 9.98. The van der Waals surface area contributed by atoms with E-state index in [4.69, 9.17) is 23.2 Å². The largest absolute Gasteiger partial charge is 0.280 e. The first kappa shape index (κ1) is 10.6. The number of benzene rings is 1. The second-order valence-corrected chi connectivity index (χ2v) is 3.75. The summed E-state index contributed by atoms with van der Waals surface area (Å²) in [5.41, 5.74) is 1.02. The molecular weight excluding hydrogens is 207 g/mol. The summed E-state index contributed by atoms with van der Waals surface area (Å²) in [6.45, 7) is 1.88. The predicted octanol–water partition coefficient (Wildman–Crippen LogP) is 3.16. The maximum Gasteiger partial charge on any atom is 0.240 e. The van der Waals surface area contributed by atoms with E-state index in [1.165, 1.54) is 0 Å². The summed E-state index contributed by atoms with van der Waals surface area (Å²) in [6.07, 6.45) is 0. The zero-order chi connectivity index (χ0) is 9.84. The molecule has 0 spiro atoms. The van der Waals surface area contributed by atoms with Gasteiger partial charge in [-0.2, -0.15) is 0 Å². The smallest absolute Gasteiger partial charge is 0.240 e. The SMILES string of the molecule is CC(c1ccccc1)C(Cl)C(=O)Cl. The Morgan fingerprint density at radius 2 is 1.85 bits per heavy atom. The fourth-order valence-corrected chi connectivity index (χ4v) is 1.46. The normalized spacial score (nSPS) is 15.0. The molecule has 1 nitrogen and oxygen atoms in total. The number of hydrogen-bond acceptors (Lipinski definition) is 1. The number of hydrogen-bond donors (Lipinski definition) is 0. The molecule has 1 aromatic rings. The van der Waals surface area contributed by atoms with Gasteiger partial charge < -0.3 is 0 Å². The quantitative estimate of drug-likeness (QED) is 0.561. The maximum absolute atomic E-state index is 10.8. The molecule has 2 unspecified atom stereocenters. The van der Waals surface area contributed by atoms with E-state index in [0.29, 0.717) is 0 Å². The summed E-state index contributed by atoms with van der Waals surface area (Å²) in [4.78, 5) is 10.8. The summed E-state index contributed by atoms with van der Waals surface area (Å²) < 4.78 is 0. The summed E-state index contributed by atoms with van der Waals surface area (Å²) in [5.74, 6) is -0.0483. The predicted molar refractivity (Wildman–Crippen MR) is 55.4 cm³/mol. The van der Waals surface area contributed by atoms with Crippen molar-refractivity contribution in [1.29, 1.82) is 0 Å². The maximum atomic E-state index is 10.8. The van der Waals surface area contributed by atoms with Crippen molar-refractivity contribution >= 4 is 28.4 Å². The van der Waals surface area contributed by atoms with E-state index >= 15 is 0 Å². The van der Waals surface area contributed by atoms with Crippen molar-refractivity contribution in [2.75, 3.05) is 0 Å². The van der Waals surface area contributed by atoms with Crippen LogP contribution >= 0.6 is 23.2 Å². The van der Waals surface area contributed by atoms with Crippen LogP contribution in [0.2, 0.25) is 0 Å². The number of carbonyl (C=O) groups excluding carboxylic acids is 1. The third-order valence-electron chi connectivity index (χ3n) is 1.98. The van der Waals surface area contributed by atoms with Crippen molar-refractivity contribution in [3.8, 4) is 0 Å². The van der Waals surface area contributed by atoms with Gasteiger partial charge in [0.05, 0.1) is 0 Å². The van der Waals surface area contributed by atoms with Crippen LogP contribution in [-0.2, 0) is 4.79 Å². The van der Waals surface area contributed by atoms with Crippen molar-refractivity contribution < 1.29 is 4.79 Å². The summed E-state index contributed by atoms with van der Waals surface area (Å²) in [6, 6.07) is 9.60. The molecule has 13 heavy (non-hydrogen) atoms. The summed E-state index contributed by atoms with van der Waals surface area (Å²) >= 11 is 11.1. The molecule has 0 fully saturated rings. The molecule has 3 heteroatoms. The average molecular weight is 217 g/mol. The van der Waals surface area contributed by atoms with Gasteiger partial charge in [0.25, 0.3) is 0 Å². The standard InChI is InChI=1S/C10H10Cl2O/c1-7(9(11)10(12)13)8-5-3-2-4-6-8/h2-7,9H,1H3. The molecule has 0 N–H and O–H groups in total. The van der Waals surface area contributed by atoms with Gasteiger partial charge in [-0.3, -0.25) is 4.79 Å². The van der Waals surface area contributed by atoms with Gasteiger partial charge in [-0.15, -0.1) is 11.6 Å². The zero-order valence-corrected chi connectivity index (χ0v) is 8.72. The van der Waals surface area contributed by atoms with Gasteiger partial charge in [-0.25, -0.2) is 0 Å². The van der Waals surface area contributed by atoms with Crippen LogP contribution in [0.15, 0.2) is 30.3 Å². The van der Waals surface area contributed by atoms with Crippen LogP contribution in [0.25, 0.3) is 0 Å². The molecule has 0 aromatic heterocycles. The number of halogens is 2. The first-order valence-electron chi connectivity index (χ1n) is 4.01. The van der Waals surface area contributed by atoms with Crippen LogP contribution in [-0.4, -0.2) is 10.6 Å². The fraction of sp³-hybridized carbons (Fsp3) is 0.300. The van der Waals surface area contributed by atoms with Gasteiger partial charge in [-0.1, -0.05) is 37.3 Å². The highest BCUT2D eigenvalue weighted by Crippen LogP contribution is 2.24. The van der Waals surface area contributed by atoms with Crippen LogP contribution in [0.1, 0.15) is 18.4 Å². The summed E-state index contributed by atoms with van der Waals surface area (Å²) in [7, 11) is 0. The minimum atomic E-state index is -0.649. The molecule has 1 rings (SSSR count). The van der Waals surface area contributed by atoms with E-state index in [9.17, 15) is 4.79 Å². The lowest BCUT2D eigenvalue weighted by Crippen LogP contribution is -2.16. The third-order valence-corrected chi connectivity index (χ3v) is 2.90. The molecule has 0 saturated carbocycles. The van der Waals surface area contributed by atoms with Crippen LogP contribution in [0.4, 0.5) is 0 Å². The highest BCUT2D eigenvalue weighted by molar-refractivity contribution is 6.69. The highest BCUT2D eigenvalue weighted by Gasteiger charge is 2.21. The first-order chi connectivity index (χ1) is 6.13. The Kier molecular flexibility index (Phi) is 3.76. The molecule has 0 aliphatic rings. The van der Waals surface area contributed by atoms with Crippen molar-refractivity contribution in [1.82, 2.24) is 0 Å². The average Bonchev–Trinajstić information content (AvgIpc) is 2.17. The molecule has 0 radical (unpaired) electrons. The first-order valence-corrected chi connectivity index (χ1v) is 4.82. The van der Waals surface area contributed by atoms with Crippen molar-refractivity contribution in [3.05, 3.63) is 35.9 Å². The van der Waals surface area contributed by atoms with Gasteiger partial charge in [0, 0.05) is 5.92 Å². The molecule has 0 aliphatic carbocycles. The van der Waals surface area contributed by atoms with Crippen LogP contribution in [0.3, 0.4) is 0 Å². The second-order valence-electron chi connectivity index (χ2n) is 2.91. The molecule has 0 aliphatic heterocycles. The third kappa shape index (κ3) is 2.71.